The molecule has 2 aliphatic rings. The van der Waals surface area contributed by atoms with Crippen molar-refractivity contribution >= 4 is 28.6 Å². The van der Waals surface area contributed by atoms with Gasteiger partial charge in [-0.05, 0) is 48.1 Å². The van der Waals surface area contributed by atoms with E-state index in [1.807, 2.05) is 73.8 Å². The topological polar surface area (TPSA) is 94.9 Å². The number of rotatable bonds is 7. The molecule has 6 rings (SSSR count). The number of carbonyl (C=O) groups is 3. The molecule has 1 aliphatic carbocycles. The molecule has 2 heterocycles. The Hall–Kier alpha value is -4.27. The van der Waals surface area contributed by atoms with Crippen LogP contribution < -0.4 is 5.32 Å². The quantitative estimate of drug-likeness (QED) is 0.334. The van der Waals surface area contributed by atoms with Gasteiger partial charge in [-0.15, -0.1) is 0 Å². The van der Waals surface area contributed by atoms with Crippen molar-refractivity contribution in [2.24, 2.45) is 5.92 Å². The van der Waals surface area contributed by atoms with Gasteiger partial charge in [0.05, 0.1) is 41.9 Å². The Bertz CT molecular complexity index is 1620. The standard InChI is InChI=1S/C34H36N4O4/c1-36-20-29-31(34(42)37(36)2)26-14-8-9-15-28(26)38(29)33(41)25-18-16-24(17-19-25)30(23-12-6-7-13-23)32(40)35-27(21-39)22-10-4-3-5-11-22/h3-5,8-11,14-19,23,27,30,39H,6-7,12-13,20-21H2,1-2H3,(H,35,40). The predicted molar refractivity (Wildman–Crippen MR) is 161 cm³/mol. The number of hydrogen-bond donors (Lipinski definition) is 2. The molecule has 2 N–H and O–H groups in total. The Morgan fingerprint density at radius 2 is 1.57 bits per heavy atom. The third-order valence-corrected chi connectivity index (χ3v) is 8.95. The SMILES string of the molecule is CN1Cc2c(c3ccccc3n2C(=O)c2ccc(C(C(=O)NC(CO)c3ccccc3)C3CCCC3)cc2)C(=O)N1C. The van der Waals surface area contributed by atoms with Crippen LogP contribution in [0.1, 0.15) is 75.2 Å². The summed E-state index contributed by atoms with van der Waals surface area (Å²) in [5.74, 6) is -0.646. The lowest BCUT2D eigenvalue weighted by Crippen LogP contribution is -2.45. The first-order valence-corrected chi connectivity index (χ1v) is 14.6. The van der Waals surface area contributed by atoms with Crippen molar-refractivity contribution in [2.45, 2.75) is 44.2 Å². The van der Waals surface area contributed by atoms with Crippen LogP contribution >= 0.6 is 0 Å². The van der Waals surface area contributed by atoms with Crippen LogP contribution in [-0.2, 0) is 11.3 Å². The number of hydrogen-bond acceptors (Lipinski definition) is 5. The van der Waals surface area contributed by atoms with Crippen LogP contribution in [-0.4, -0.2) is 58.1 Å². The van der Waals surface area contributed by atoms with E-state index in [4.69, 9.17) is 0 Å². The molecule has 0 bridgehead atoms. The summed E-state index contributed by atoms with van der Waals surface area (Å²) in [4.78, 5) is 41.0. The van der Waals surface area contributed by atoms with Gasteiger partial charge in [0.15, 0.2) is 0 Å². The Labute approximate surface area is 245 Å². The van der Waals surface area contributed by atoms with Gasteiger partial charge in [-0.2, -0.15) is 0 Å². The fourth-order valence-electron chi connectivity index (χ4n) is 6.62. The number of nitrogens with zero attached hydrogens (tertiary/aromatic N) is 3. The van der Waals surface area contributed by atoms with Gasteiger partial charge in [-0.25, -0.2) is 5.01 Å². The number of aliphatic hydroxyl groups is 1. The maximum absolute atomic E-state index is 14.0. The lowest BCUT2D eigenvalue weighted by Gasteiger charge is -2.33. The molecule has 8 nitrogen and oxygen atoms in total. The van der Waals surface area contributed by atoms with Gasteiger partial charge in [0.25, 0.3) is 11.8 Å². The summed E-state index contributed by atoms with van der Waals surface area (Å²) >= 11 is 0. The third kappa shape index (κ3) is 4.91. The minimum atomic E-state index is -0.489. The predicted octanol–water partition coefficient (Wildman–Crippen LogP) is 4.89. The fraction of sp³-hybridized carbons (Fsp3) is 0.324. The molecule has 2 unspecified atom stereocenters. The zero-order valence-corrected chi connectivity index (χ0v) is 24.0. The molecular weight excluding hydrogens is 528 g/mol. The Kier molecular flexibility index (Phi) is 7.66. The van der Waals surface area contributed by atoms with E-state index in [1.165, 1.54) is 0 Å². The van der Waals surface area contributed by atoms with Crippen molar-refractivity contribution in [3.63, 3.8) is 0 Å². The van der Waals surface area contributed by atoms with Gasteiger partial charge in [-0.1, -0.05) is 73.5 Å². The zero-order valence-electron chi connectivity index (χ0n) is 24.0. The van der Waals surface area contributed by atoms with Gasteiger partial charge in [0, 0.05) is 25.0 Å². The average molecular weight is 565 g/mol. The van der Waals surface area contributed by atoms with Crippen molar-refractivity contribution in [1.82, 2.24) is 19.9 Å². The minimum absolute atomic E-state index is 0.111. The smallest absolute Gasteiger partial charge is 0.270 e. The van der Waals surface area contributed by atoms with E-state index < -0.39 is 6.04 Å². The lowest BCUT2D eigenvalue weighted by atomic mass is 9.83. The summed E-state index contributed by atoms with van der Waals surface area (Å²) in [6, 6.07) is 23.9. The van der Waals surface area contributed by atoms with Gasteiger partial charge in [-0.3, -0.25) is 24.0 Å². The first-order chi connectivity index (χ1) is 20.4. The molecule has 4 aromatic rings. The molecule has 0 spiro atoms. The first-order valence-electron chi connectivity index (χ1n) is 14.6. The number of benzene rings is 3. The van der Waals surface area contributed by atoms with Gasteiger partial charge in [0.1, 0.15) is 0 Å². The molecule has 42 heavy (non-hydrogen) atoms. The van der Waals surface area contributed by atoms with Crippen molar-refractivity contribution in [3.8, 4) is 0 Å². The highest BCUT2D eigenvalue weighted by Crippen LogP contribution is 2.38. The number of nitrogens with one attached hydrogen (secondary N) is 1. The largest absolute Gasteiger partial charge is 0.394 e. The van der Waals surface area contributed by atoms with E-state index in [2.05, 4.69) is 5.32 Å². The normalized spacial score (nSPS) is 17.3. The second-order valence-electron chi connectivity index (χ2n) is 11.4. The summed E-state index contributed by atoms with van der Waals surface area (Å²) in [7, 11) is 3.56. The van der Waals surface area contributed by atoms with Crippen LogP contribution in [0, 0.1) is 5.92 Å². The van der Waals surface area contributed by atoms with E-state index in [9.17, 15) is 19.5 Å². The Balaban J connectivity index is 1.32. The van der Waals surface area contributed by atoms with E-state index in [0.717, 1.165) is 42.2 Å². The van der Waals surface area contributed by atoms with Crippen molar-refractivity contribution in [2.75, 3.05) is 20.7 Å². The van der Waals surface area contributed by atoms with Crippen LogP contribution in [0.25, 0.3) is 10.9 Å². The number of amides is 2. The highest BCUT2D eigenvalue weighted by atomic mass is 16.3. The number of hydrazine groups is 1. The second kappa shape index (κ2) is 11.5. The van der Waals surface area contributed by atoms with Crippen LogP contribution in [0.2, 0.25) is 0 Å². The Morgan fingerprint density at radius 1 is 0.905 bits per heavy atom. The van der Waals surface area contributed by atoms with E-state index in [-0.39, 0.29) is 36.2 Å². The fourth-order valence-corrected chi connectivity index (χ4v) is 6.62. The van der Waals surface area contributed by atoms with Gasteiger partial charge < -0.3 is 10.4 Å². The molecule has 1 aliphatic heterocycles. The van der Waals surface area contributed by atoms with Crippen LogP contribution in [0.5, 0.6) is 0 Å². The zero-order chi connectivity index (χ0) is 29.4. The first kappa shape index (κ1) is 27.9. The molecule has 0 saturated heterocycles. The summed E-state index contributed by atoms with van der Waals surface area (Å²) in [5.41, 5.74) is 4.14. The van der Waals surface area contributed by atoms with Crippen LogP contribution in [0.4, 0.5) is 0 Å². The second-order valence-corrected chi connectivity index (χ2v) is 11.4. The monoisotopic (exact) mass is 564 g/mol. The number of para-hydroxylation sites is 1. The number of aromatic nitrogens is 1. The highest BCUT2D eigenvalue weighted by molar-refractivity contribution is 6.13. The summed E-state index contributed by atoms with van der Waals surface area (Å²) < 4.78 is 1.66. The number of aliphatic hydroxyl groups excluding tert-OH is 1. The maximum Gasteiger partial charge on any atom is 0.270 e. The number of carbonyl (C=O) groups excluding carboxylic acids is 3. The van der Waals surface area contributed by atoms with Crippen molar-refractivity contribution in [3.05, 3.63) is 107 Å². The summed E-state index contributed by atoms with van der Waals surface area (Å²) in [6.07, 6.45) is 4.10. The molecule has 2 amide bonds. The van der Waals surface area contributed by atoms with E-state index in [1.54, 1.807) is 33.8 Å². The molecular formula is C34H36N4O4. The summed E-state index contributed by atoms with van der Waals surface area (Å²) in [6.45, 7) is 0.233. The van der Waals surface area contributed by atoms with E-state index >= 15 is 0 Å². The minimum Gasteiger partial charge on any atom is -0.394 e. The highest BCUT2D eigenvalue weighted by Gasteiger charge is 2.35. The van der Waals surface area contributed by atoms with E-state index in [0.29, 0.717) is 28.9 Å². The molecule has 8 heteroatoms. The van der Waals surface area contributed by atoms with Gasteiger partial charge >= 0.3 is 0 Å². The van der Waals surface area contributed by atoms with Crippen molar-refractivity contribution < 1.29 is 19.5 Å². The maximum atomic E-state index is 14.0. The molecule has 1 fully saturated rings. The summed E-state index contributed by atoms with van der Waals surface area (Å²) in [5, 5.41) is 17.3. The van der Waals surface area contributed by atoms with Crippen LogP contribution in [0.15, 0.2) is 78.9 Å². The Morgan fingerprint density at radius 3 is 2.26 bits per heavy atom. The molecule has 216 valence electrons. The van der Waals surface area contributed by atoms with Crippen LogP contribution in [0.3, 0.4) is 0 Å². The number of fused-ring (bicyclic) bond motifs is 3. The average Bonchev–Trinajstić information content (AvgIpc) is 3.66. The molecule has 3 aromatic carbocycles. The third-order valence-electron chi connectivity index (χ3n) is 8.95. The molecule has 2 atom stereocenters. The molecule has 1 saturated carbocycles. The van der Waals surface area contributed by atoms with Gasteiger partial charge in [0.2, 0.25) is 5.91 Å². The molecule has 0 radical (unpaired) electrons. The lowest BCUT2D eigenvalue weighted by molar-refractivity contribution is -0.124. The van der Waals surface area contributed by atoms with Crippen molar-refractivity contribution in [1.29, 1.82) is 0 Å². The molecule has 1 aromatic heterocycles.